The quantitative estimate of drug-likeness (QED) is 0.827. The minimum absolute atomic E-state index is 0.111. The Bertz CT molecular complexity index is 601. The maximum Gasteiger partial charge on any atom is 0.129 e. The molecule has 1 unspecified atom stereocenters. The number of thiophene rings is 1. The van der Waals surface area contributed by atoms with Crippen molar-refractivity contribution >= 4 is 22.9 Å². The van der Waals surface area contributed by atoms with Gasteiger partial charge in [-0.05, 0) is 36.7 Å². The summed E-state index contributed by atoms with van der Waals surface area (Å²) in [5.74, 6) is -0.275. The summed E-state index contributed by atoms with van der Waals surface area (Å²) >= 11 is 7.54. The van der Waals surface area contributed by atoms with E-state index in [0.29, 0.717) is 10.6 Å². The molecular weight excluding hydrogens is 293 g/mol. The first-order valence-electron chi connectivity index (χ1n) is 6.55. The highest BCUT2D eigenvalue weighted by atomic mass is 35.5. The van der Waals surface area contributed by atoms with Gasteiger partial charge in [0.05, 0.1) is 6.04 Å². The molecule has 0 fully saturated rings. The van der Waals surface area contributed by atoms with E-state index in [4.69, 9.17) is 11.6 Å². The minimum atomic E-state index is -0.275. The smallest absolute Gasteiger partial charge is 0.129 e. The lowest BCUT2D eigenvalue weighted by molar-refractivity contribution is 0.579. The summed E-state index contributed by atoms with van der Waals surface area (Å²) in [7, 11) is 1.84. The van der Waals surface area contributed by atoms with Gasteiger partial charge in [0.25, 0.3) is 0 Å². The van der Waals surface area contributed by atoms with Crippen molar-refractivity contribution in [3.63, 3.8) is 0 Å². The molecule has 0 bridgehead atoms. The summed E-state index contributed by atoms with van der Waals surface area (Å²) in [6, 6.07) is 8.88. The van der Waals surface area contributed by atoms with Gasteiger partial charge in [-0.3, -0.25) is 0 Å². The topological polar surface area (TPSA) is 12.0 Å². The lowest BCUT2D eigenvalue weighted by atomic mass is 9.95. The van der Waals surface area contributed by atoms with Crippen molar-refractivity contribution in [2.45, 2.75) is 32.2 Å². The zero-order valence-electron chi connectivity index (χ0n) is 12.1. The van der Waals surface area contributed by atoms with E-state index in [0.717, 1.165) is 4.88 Å². The Morgan fingerprint density at radius 2 is 1.90 bits per heavy atom. The third-order valence-electron chi connectivity index (χ3n) is 3.21. The molecular formula is C16H19ClFNS. The van der Waals surface area contributed by atoms with Gasteiger partial charge < -0.3 is 5.32 Å². The van der Waals surface area contributed by atoms with Crippen LogP contribution >= 0.6 is 22.9 Å². The van der Waals surface area contributed by atoms with Crippen LogP contribution in [0.15, 0.2) is 30.3 Å². The maximum absolute atomic E-state index is 14.1. The highest BCUT2D eigenvalue weighted by molar-refractivity contribution is 7.12. The summed E-state index contributed by atoms with van der Waals surface area (Å²) in [6.07, 6.45) is 0. The van der Waals surface area contributed by atoms with Gasteiger partial charge in [0.15, 0.2) is 0 Å². The van der Waals surface area contributed by atoms with E-state index in [2.05, 4.69) is 38.2 Å². The van der Waals surface area contributed by atoms with Gasteiger partial charge >= 0.3 is 0 Å². The lowest BCUT2D eigenvalue weighted by Gasteiger charge is -2.18. The van der Waals surface area contributed by atoms with Crippen LogP contribution in [0.2, 0.25) is 5.02 Å². The van der Waals surface area contributed by atoms with E-state index in [1.165, 1.54) is 10.9 Å². The Labute approximate surface area is 128 Å². The van der Waals surface area contributed by atoms with Crippen molar-refractivity contribution in [2.75, 3.05) is 7.05 Å². The second-order valence-corrected chi connectivity index (χ2v) is 7.39. The van der Waals surface area contributed by atoms with E-state index in [9.17, 15) is 4.39 Å². The normalized spacial score (nSPS) is 13.5. The number of halogens is 2. The SMILES string of the molecule is CNC(c1ccc(C(C)(C)C)s1)c1ccc(Cl)cc1F. The molecule has 1 N–H and O–H groups in total. The molecule has 2 aromatic rings. The van der Waals surface area contributed by atoms with Crippen LogP contribution in [0, 0.1) is 5.82 Å². The molecule has 0 saturated carbocycles. The van der Waals surface area contributed by atoms with Crippen LogP contribution in [-0.4, -0.2) is 7.05 Å². The van der Waals surface area contributed by atoms with Crippen LogP contribution in [-0.2, 0) is 5.41 Å². The number of rotatable bonds is 3. The van der Waals surface area contributed by atoms with Gasteiger partial charge in [-0.1, -0.05) is 38.4 Å². The van der Waals surface area contributed by atoms with Gasteiger partial charge in [0.2, 0.25) is 0 Å². The predicted molar refractivity (Wildman–Crippen MR) is 85.3 cm³/mol. The van der Waals surface area contributed by atoms with Crippen LogP contribution in [0.25, 0.3) is 0 Å². The van der Waals surface area contributed by atoms with E-state index >= 15 is 0 Å². The number of benzene rings is 1. The molecule has 0 aliphatic rings. The monoisotopic (exact) mass is 311 g/mol. The summed E-state index contributed by atoms with van der Waals surface area (Å²) in [4.78, 5) is 2.40. The molecule has 1 aromatic heterocycles. The summed E-state index contributed by atoms with van der Waals surface area (Å²) in [5, 5.41) is 3.61. The number of hydrogen-bond donors (Lipinski definition) is 1. The summed E-state index contributed by atoms with van der Waals surface area (Å²) in [6.45, 7) is 6.54. The molecule has 20 heavy (non-hydrogen) atoms. The fourth-order valence-corrected chi connectivity index (χ4v) is 3.45. The lowest BCUT2D eigenvalue weighted by Crippen LogP contribution is -2.17. The summed E-state index contributed by atoms with van der Waals surface area (Å²) < 4.78 is 14.1. The van der Waals surface area contributed by atoms with Crippen LogP contribution < -0.4 is 5.32 Å². The molecule has 1 atom stereocenters. The fourth-order valence-electron chi connectivity index (χ4n) is 2.10. The van der Waals surface area contributed by atoms with E-state index in [1.807, 2.05) is 7.05 Å². The Balaban J connectivity index is 2.40. The average Bonchev–Trinajstić information content (AvgIpc) is 2.82. The molecule has 2 rings (SSSR count). The Hall–Kier alpha value is -0.900. The molecule has 1 aromatic carbocycles. The number of hydrogen-bond acceptors (Lipinski definition) is 2. The average molecular weight is 312 g/mol. The molecule has 108 valence electrons. The van der Waals surface area contributed by atoms with Crippen molar-refractivity contribution in [3.8, 4) is 0 Å². The largest absolute Gasteiger partial charge is 0.309 e. The van der Waals surface area contributed by atoms with Crippen LogP contribution in [0.5, 0.6) is 0 Å². The Morgan fingerprint density at radius 3 is 2.40 bits per heavy atom. The molecule has 0 spiro atoms. The van der Waals surface area contributed by atoms with Crippen molar-refractivity contribution in [1.82, 2.24) is 5.32 Å². The van der Waals surface area contributed by atoms with Crippen molar-refractivity contribution in [2.24, 2.45) is 0 Å². The van der Waals surface area contributed by atoms with Crippen LogP contribution in [0.1, 0.15) is 42.1 Å². The van der Waals surface area contributed by atoms with Crippen molar-refractivity contribution in [1.29, 1.82) is 0 Å². The van der Waals surface area contributed by atoms with E-state index < -0.39 is 0 Å². The molecule has 0 amide bonds. The van der Waals surface area contributed by atoms with Crippen molar-refractivity contribution in [3.05, 3.63) is 56.5 Å². The second kappa shape index (κ2) is 5.84. The standard InChI is InChI=1S/C16H19ClFNS/c1-16(2,3)14-8-7-13(20-14)15(19-4)11-6-5-10(17)9-12(11)18/h5-9,15,19H,1-4H3. The van der Waals surface area contributed by atoms with Gasteiger partial charge in [-0.15, -0.1) is 11.3 Å². The third-order valence-corrected chi connectivity index (χ3v) is 5.02. The highest BCUT2D eigenvalue weighted by Gasteiger charge is 2.22. The minimum Gasteiger partial charge on any atom is -0.309 e. The van der Waals surface area contributed by atoms with Crippen LogP contribution in [0.3, 0.4) is 0 Å². The van der Waals surface area contributed by atoms with E-state index in [-0.39, 0.29) is 17.3 Å². The molecule has 4 heteroatoms. The van der Waals surface area contributed by atoms with E-state index in [1.54, 1.807) is 23.5 Å². The summed E-state index contributed by atoms with van der Waals surface area (Å²) in [5.41, 5.74) is 0.735. The fraction of sp³-hybridized carbons (Fsp3) is 0.375. The zero-order chi connectivity index (χ0) is 14.9. The molecule has 0 saturated heterocycles. The highest BCUT2D eigenvalue weighted by Crippen LogP contribution is 2.35. The molecule has 0 radical (unpaired) electrons. The van der Waals surface area contributed by atoms with Gasteiger partial charge in [-0.2, -0.15) is 0 Å². The maximum atomic E-state index is 14.1. The molecule has 1 nitrogen and oxygen atoms in total. The molecule has 0 aliphatic heterocycles. The van der Waals surface area contributed by atoms with Crippen LogP contribution in [0.4, 0.5) is 4.39 Å². The predicted octanol–water partition coefficient (Wildman–Crippen LogP) is 5.15. The van der Waals surface area contributed by atoms with Crippen molar-refractivity contribution < 1.29 is 4.39 Å². The van der Waals surface area contributed by atoms with Gasteiger partial charge in [-0.25, -0.2) is 4.39 Å². The number of nitrogens with one attached hydrogen (secondary N) is 1. The van der Waals surface area contributed by atoms with Gasteiger partial charge in [0.1, 0.15) is 5.82 Å². The van der Waals surface area contributed by atoms with Gasteiger partial charge in [0, 0.05) is 20.3 Å². The Kier molecular flexibility index (Phi) is 4.52. The first-order valence-corrected chi connectivity index (χ1v) is 7.75. The Morgan fingerprint density at radius 1 is 1.20 bits per heavy atom. The first kappa shape index (κ1) is 15.5. The zero-order valence-corrected chi connectivity index (χ0v) is 13.7. The third kappa shape index (κ3) is 3.22. The molecule has 0 aliphatic carbocycles. The molecule has 1 heterocycles. The first-order chi connectivity index (χ1) is 9.32. The second-order valence-electron chi connectivity index (χ2n) is 5.84.